The van der Waals surface area contributed by atoms with Gasteiger partial charge in [-0.2, -0.15) is 0 Å². The second-order valence-electron chi connectivity index (χ2n) is 9.92. The van der Waals surface area contributed by atoms with Crippen LogP contribution in [0.1, 0.15) is 50.0 Å². The highest BCUT2D eigenvalue weighted by atomic mass is 33.1. The Bertz CT molecular complexity index is 1020. The van der Waals surface area contributed by atoms with Gasteiger partial charge in [-0.3, -0.25) is 14.4 Å². The number of hydrogen-bond donors (Lipinski definition) is 6. The summed E-state index contributed by atoms with van der Waals surface area (Å²) >= 11 is 0. The lowest BCUT2D eigenvalue weighted by Gasteiger charge is -2.30. The summed E-state index contributed by atoms with van der Waals surface area (Å²) < 4.78 is 4.92. The van der Waals surface area contributed by atoms with Crippen LogP contribution >= 0.6 is 21.6 Å². The van der Waals surface area contributed by atoms with Gasteiger partial charge in [-0.15, -0.1) is 0 Å². The molecule has 4 atom stereocenters. The lowest BCUT2D eigenvalue weighted by molar-refractivity contribution is -0.134. The van der Waals surface area contributed by atoms with E-state index in [0.29, 0.717) is 25.8 Å². The predicted octanol–water partition coefficient (Wildman–Crippen LogP) is 1.92. The Morgan fingerprint density at radius 3 is 2.45 bits per heavy atom. The van der Waals surface area contributed by atoms with Gasteiger partial charge in [0, 0.05) is 18.2 Å². The molecular weight excluding hydrogens is 532 g/mol. The second-order valence-corrected chi connectivity index (χ2v) is 12.5. The number of phenolic OH excluding ortho intramolecular Hbond substituents is 1. The third-order valence-corrected chi connectivity index (χ3v) is 9.87. The monoisotopic (exact) mass is 566 g/mol. The van der Waals surface area contributed by atoms with Crippen LogP contribution in [0.5, 0.6) is 5.75 Å². The first-order chi connectivity index (χ1) is 18.3. The van der Waals surface area contributed by atoms with E-state index >= 15 is 0 Å². The number of rotatable bonds is 4. The zero-order valence-corrected chi connectivity index (χ0v) is 22.6. The molecule has 6 N–H and O–H groups in total. The number of carbonyl (C=O) groups is 4. The first-order valence-corrected chi connectivity index (χ1v) is 15.3. The van der Waals surface area contributed by atoms with Gasteiger partial charge in [0.2, 0.25) is 17.7 Å². The molecule has 208 valence electrons. The van der Waals surface area contributed by atoms with Crippen molar-refractivity contribution in [2.45, 2.75) is 62.8 Å². The fourth-order valence-electron chi connectivity index (χ4n) is 5.45. The van der Waals surface area contributed by atoms with E-state index in [2.05, 4.69) is 21.3 Å². The van der Waals surface area contributed by atoms with Crippen LogP contribution in [0.15, 0.2) is 24.3 Å². The van der Waals surface area contributed by atoms with Crippen LogP contribution in [0, 0.1) is 5.41 Å². The highest BCUT2D eigenvalue weighted by Gasteiger charge is 2.42. The van der Waals surface area contributed by atoms with E-state index in [9.17, 15) is 24.3 Å². The van der Waals surface area contributed by atoms with Crippen molar-refractivity contribution in [3.8, 4) is 5.75 Å². The summed E-state index contributed by atoms with van der Waals surface area (Å²) in [4.78, 5) is 50.8. The van der Waals surface area contributed by atoms with E-state index in [1.54, 1.807) is 24.3 Å². The maximum absolute atomic E-state index is 13.3. The molecule has 1 saturated carbocycles. The molecule has 1 aromatic carbocycles. The smallest absolute Gasteiger partial charge is 0.507 e. The quantitative estimate of drug-likeness (QED) is 0.234. The summed E-state index contributed by atoms with van der Waals surface area (Å²) in [6.07, 6.45) is 1.75. The molecule has 1 aromatic rings. The van der Waals surface area contributed by atoms with Crippen molar-refractivity contribution in [3.63, 3.8) is 0 Å². The number of benzene rings is 1. The molecule has 4 rings (SSSR count). The molecule has 1 aliphatic carbocycles. The first-order valence-electron chi connectivity index (χ1n) is 12.8. The Kier molecular flexibility index (Phi) is 9.66. The maximum atomic E-state index is 13.3. The van der Waals surface area contributed by atoms with Crippen molar-refractivity contribution in [1.82, 2.24) is 21.3 Å². The van der Waals surface area contributed by atoms with E-state index < -0.39 is 29.9 Å². The minimum absolute atomic E-state index is 0.0938. The fourth-order valence-corrected chi connectivity index (χ4v) is 7.64. The molecule has 2 heterocycles. The largest absolute Gasteiger partial charge is 0.508 e. The van der Waals surface area contributed by atoms with Gasteiger partial charge in [0.25, 0.3) is 0 Å². The summed E-state index contributed by atoms with van der Waals surface area (Å²) in [7, 11) is 2.56. The van der Waals surface area contributed by atoms with Gasteiger partial charge >= 0.3 is 6.16 Å². The summed E-state index contributed by atoms with van der Waals surface area (Å²) in [6, 6.07) is 5.45. The summed E-state index contributed by atoms with van der Waals surface area (Å²) in [5.41, 5.74) is 0.240. The van der Waals surface area contributed by atoms with Gasteiger partial charge in [0.05, 0.1) is 17.2 Å². The van der Waals surface area contributed by atoms with Crippen molar-refractivity contribution in [3.05, 3.63) is 29.8 Å². The summed E-state index contributed by atoms with van der Waals surface area (Å²) in [5, 5.41) is 30.5. The average Bonchev–Trinajstić information content (AvgIpc) is 3.56. The molecular formula is C25H34N4O7S2. The standard InChI is InChI=1S/C25H34N4O7S2/c30-16-5-3-15(4-6-16)17-7-11-26-20(17)22(32)28-18-13-37-38-14-19(36-24(34)35)29-23(33)25(8-1-2-9-25)10-12-27-21(18)31/h3-6,17-20,26,30H,1-2,7-14H2,(H,27,31)(H,28,32)(H,29,33)(H,34,35)/t17-,18+,19-,20+/m1/s1. The molecule has 3 fully saturated rings. The third kappa shape index (κ3) is 7.06. The summed E-state index contributed by atoms with van der Waals surface area (Å²) in [5.74, 6) is -0.389. The molecule has 11 nitrogen and oxygen atoms in total. The molecule has 3 amide bonds. The lowest BCUT2D eigenvalue weighted by Crippen LogP contribution is -2.54. The Labute approximate surface area is 229 Å². The normalized spacial score (nSPS) is 28.3. The minimum atomic E-state index is -1.47. The van der Waals surface area contributed by atoms with Crippen LogP contribution in [-0.2, 0) is 19.1 Å². The Balaban J connectivity index is 1.45. The second kappa shape index (κ2) is 12.9. The molecule has 13 heteroatoms. The van der Waals surface area contributed by atoms with Crippen molar-refractivity contribution in [2.24, 2.45) is 5.41 Å². The number of amides is 3. The van der Waals surface area contributed by atoms with E-state index in [4.69, 9.17) is 9.84 Å². The molecule has 2 aliphatic heterocycles. The SMILES string of the molecule is O=C(O)O[C@@H]1CSSC[C@H](NC(=O)[C@H]2NCC[C@@H]2c2ccc(O)cc2)C(=O)NCCC2(CCCC2)C(=O)N1. The van der Waals surface area contributed by atoms with Crippen LogP contribution in [-0.4, -0.2) is 77.0 Å². The lowest BCUT2D eigenvalue weighted by atomic mass is 9.81. The molecule has 1 spiro atoms. The molecule has 2 saturated heterocycles. The van der Waals surface area contributed by atoms with Gasteiger partial charge < -0.3 is 36.2 Å². The Morgan fingerprint density at radius 2 is 1.74 bits per heavy atom. The van der Waals surface area contributed by atoms with E-state index in [-0.39, 0.29) is 47.4 Å². The van der Waals surface area contributed by atoms with Gasteiger partial charge in [0.1, 0.15) is 11.8 Å². The van der Waals surface area contributed by atoms with Crippen LogP contribution in [0.25, 0.3) is 0 Å². The number of phenols is 1. The zero-order chi connectivity index (χ0) is 27.1. The topological polar surface area (TPSA) is 166 Å². The molecule has 0 bridgehead atoms. The number of nitrogens with one attached hydrogen (secondary N) is 4. The Hall–Kier alpha value is -2.64. The highest BCUT2D eigenvalue weighted by molar-refractivity contribution is 8.76. The van der Waals surface area contributed by atoms with Crippen molar-refractivity contribution in [2.75, 3.05) is 24.6 Å². The number of aromatic hydroxyl groups is 1. The third-order valence-electron chi connectivity index (χ3n) is 7.48. The molecule has 0 aromatic heterocycles. The van der Waals surface area contributed by atoms with E-state index in [1.165, 1.54) is 21.6 Å². The van der Waals surface area contributed by atoms with Crippen LogP contribution in [0.3, 0.4) is 0 Å². The van der Waals surface area contributed by atoms with Gasteiger partial charge in [-0.1, -0.05) is 46.6 Å². The minimum Gasteiger partial charge on any atom is -0.508 e. The van der Waals surface area contributed by atoms with E-state index in [1.807, 2.05) is 0 Å². The summed E-state index contributed by atoms with van der Waals surface area (Å²) in [6.45, 7) is 0.915. The highest BCUT2D eigenvalue weighted by Crippen LogP contribution is 2.41. The van der Waals surface area contributed by atoms with Crippen molar-refractivity contribution < 1.29 is 34.1 Å². The first kappa shape index (κ1) is 28.4. The number of ether oxygens (including phenoxy) is 1. The van der Waals surface area contributed by atoms with Crippen molar-refractivity contribution in [1.29, 1.82) is 0 Å². The molecule has 38 heavy (non-hydrogen) atoms. The van der Waals surface area contributed by atoms with Crippen LogP contribution in [0.4, 0.5) is 4.79 Å². The average molecular weight is 567 g/mol. The molecule has 0 unspecified atom stereocenters. The van der Waals surface area contributed by atoms with Crippen LogP contribution < -0.4 is 21.3 Å². The fraction of sp³-hybridized carbons (Fsp3) is 0.600. The van der Waals surface area contributed by atoms with Gasteiger partial charge in [-0.25, -0.2) is 4.79 Å². The van der Waals surface area contributed by atoms with E-state index in [0.717, 1.165) is 24.8 Å². The molecule has 3 aliphatic rings. The van der Waals surface area contributed by atoms with Gasteiger partial charge in [-0.05, 0) is 49.9 Å². The maximum Gasteiger partial charge on any atom is 0.507 e. The number of carboxylic acid groups (broad SMARTS) is 1. The van der Waals surface area contributed by atoms with Crippen LogP contribution in [0.2, 0.25) is 0 Å². The molecule has 0 radical (unpaired) electrons. The number of carbonyl (C=O) groups excluding carboxylic acids is 3. The van der Waals surface area contributed by atoms with Crippen molar-refractivity contribution >= 4 is 45.5 Å². The zero-order valence-electron chi connectivity index (χ0n) is 20.9. The Morgan fingerprint density at radius 1 is 1.03 bits per heavy atom. The van der Waals surface area contributed by atoms with Gasteiger partial charge in [0.15, 0.2) is 6.23 Å². The number of hydrogen-bond acceptors (Lipinski definition) is 9. The predicted molar refractivity (Wildman–Crippen MR) is 144 cm³/mol.